The van der Waals surface area contributed by atoms with Gasteiger partial charge < -0.3 is 10.4 Å². The molecule has 0 aliphatic carbocycles. The molecule has 7 heteroatoms. The number of carboxylic acids is 1. The number of nitrogens with one attached hydrogen (secondary N) is 1. The van der Waals surface area contributed by atoms with E-state index in [2.05, 4.69) is 11.9 Å². The average Bonchev–Trinajstić information content (AvgIpc) is 2.45. The molecule has 4 nitrogen and oxygen atoms in total. The molecule has 0 aliphatic heterocycles. The third kappa shape index (κ3) is 4.91. The van der Waals surface area contributed by atoms with E-state index in [0.29, 0.717) is 12.8 Å². The number of rotatable bonds is 7. The second kappa shape index (κ2) is 7.63. The lowest BCUT2D eigenvalue weighted by atomic mass is 10.0. The topological polar surface area (TPSA) is 66.4 Å². The van der Waals surface area contributed by atoms with Gasteiger partial charge in [-0.1, -0.05) is 18.2 Å². The lowest BCUT2D eigenvalue weighted by molar-refractivity contribution is -0.139. The zero-order valence-corrected chi connectivity index (χ0v) is 11.7. The van der Waals surface area contributed by atoms with E-state index < -0.39 is 35.2 Å². The fourth-order valence-corrected chi connectivity index (χ4v) is 1.89. The van der Waals surface area contributed by atoms with Crippen molar-refractivity contribution >= 4 is 11.9 Å². The summed E-state index contributed by atoms with van der Waals surface area (Å²) in [5.41, 5.74) is -1.69. The fourth-order valence-electron chi connectivity index (χ4n) is 1.89. The van der Waals surface area contributed by atoms with Crippen molar-refractivity contribution in [2.75, 3.05) is 0 Å². The first-order chi connectivity index (χ1) is 10.3. The summed E-state index contributed by atoms with van der Waals surface area (Å²) in [5.74, 6) is -2.35. The summed E-state index contributed by atoms with van der Waals surface area (Å²) in [5, 5.41) is 11.2. The number of carbonyl (C=O) groups excluding carboxylic acids is 1. The van der Waals surface area contributed by atoms with E-state index >= 15 is 0 Å². The molecule has 0 fully saturated rings. The van der Waals surface area contributed by atoms with Gasteiger partial charge in [0.25, 0.3) is 5.91 Å². The van der Waals surface area contributed by atoms with E-state index in [1.807, 2.05) is 0 Å². The standard InChI is InChI=1S/C15H16F3NO3/c1-2-3-4-9-12(14(21)22)19-13(20)10-7-5-6-8-11(10)15(16,17)18/h2,5-8,12H,1,3-4,9H2,(H,19,20)(H,21,22)/t12-/m1/s1. The van der Waals surface area contributed by atoms with Crippen molar-refractivity contribution in [3.05, 3.63) is 48.0 Å². The molecule has 0 bridgehead atoms. The van der Waals surface area contributed by atoms with Gasteiger partial charge in [0.1, 0.15) is 6.04 Å². The molecular formula is C15H16F3NO3. The van der Waals surface area contributed by atoms with Crippen LogP contribution in [-0.2, 0) is 11.0 Å². The summed E-state index contributed by atoms with van der Waals surface area (Å²) in [6.07, 6.45) is -1.96. The molecule has 2 N–H and O–H groups in total. The van der Waals surface area contributed by atoms with Gasteiger partial charge in [0.05, 0.1) is 11.1 Å². The maximum absolute atomic E-state index is 12.8. The minimum Gasteiger partial charge on any atom is -0.480 e. The van der Waals surface area contributed by atoms with Crippen molar-refractivity contribution in [3.8, 4) is 0 Å². The van der Waals surface area contributed by atoms with Crippen LogP contribution in [0, 0.1) is 0 Å². The maximum Gasteiger partial charge on any atom is 0.417 e. The zero-order valence-electron chi connectivity index (χ0n) is 11.7. The number of benzene rings is 1. The van der Waals surface area contributed by atoms with Crippen LogP contribution in [0.25, 0.3) is 0 Å². The highest BCUT2D eigenvalue weighted by Gasteiger charge is 2.35. The monoisotopic (exact) mass is 315 g/mol. The maximum atomic E-state index is 12.8. The Morgan fingerprint density at radius 2 is 1.95 bits per heavy atom. The van der Waals surface area contributed by atoms with E-state index in [4.69, 9.17) is 5.11 Å². The Labute approximate surface area is 125 Å². The van der Waals surface area contributed by atoms with Gasteiger partial charge in [-0.25, -0.2) is 4.79 Å². The molecule has 120 valence electrons. The molecule has 0 saturated heterocycles. The van der Waals surface area contributed by atoms with Crippen LogP contribution in [0.2, 0.25) is 0 Å². The highest BCUT2D eigenvalue weighted by Crippen LogP contribution is 2.31. The Balaban J connectivity index is 2.91. The first-order valence-corrected chi connectivity index (χ1v) is 6.58. The molecule has 1 rings (SSSR count). The number of halogens is 3. The van der Waals surface area contributed by atoms with Crippen molar-refractivity contribution in [3.63, 3.8) is 0 Å². The summed E-state index contributed by atoms with van der Waals surface area (Å²) in [7, 11) is 0. The first-order valence-electron chi connectivity index (χ1n) is 6.58. The minimum absolute atomic E-state index is 0.112. The average molecular weight is 315 g/mol. The molecule has 1 aromatic carbocycles. The van der Waals surface area contributed by atoms with E-state index in [1.165, 1.54) is 12.1 Å². The van der Waals surface area contributed by atoms with Crippen molar-refractivity contribution < 1.29 is 27.9 Å². The van der Waals surface area contributed by atoms with Gasteiger partial charge in [-0.05, 0) is 31.4 Å². The molecule has 1 aromatic rings. The number of allylic oxidation sites excluding steroid dienone is 1. The Morgan fingerprint density at radius 1 is 1.32 bits per heavy atom. The smallest absolute Gasteiger partial charge is 0.417 e. The summed E-state index contributed by atoms with van der Waals surface area (Å²) < 4.78 is 38.5. The molecule has 0 aromatic heterocycles. The van der Waals surface area contributed by atoms with Crippen molar-refractivity contribution in [1.29, 1.82) is 0 Å². The largest absolute Gasteiger partial charge is 0.480 e. The Morgan fingerprint density at radius 3 is 2.50 bits per heavy atom. The molecule has 0 saturated carbocycles. The highest BCUT2D eigenvalue weighted by molar-refractivity contribution is 5.98. The predicted molar refractivity (Wildman–Crippen MR) is 74.4 cm³/mol. The second-order valence-electron chi connectivity index (χ2n) is 4.63. The molecule has 0 spiro atoms. The SMILES string of the molecule is C=CCCC[C@@H](NC(=O)c1ccccc1C(F)(F)F)C(=O)O. The lowest BCUT2D eigenvalue weighted by Gasteiger charge is -2.16. The number of hydrogen-bond donors (Lipinski definition) is 2. The second-order valence-corrected chi connectivity index (χ2v) is 4.63. The van der Waals surface area contributed by atoms with Crippen LogP contribution in [0.3, 0.4) is 0 Å². The summed E-state index contributed by atoms with van der Waals surface area (Å²) >= 11 is 0. The van der Waals surface area contributed by atoms with E-state index in [9.17, 15) is 22.8 Å². The normalized spacial score (nSPS) is 12.5. The summed E-state index contributed by atoms with van der Waals surface area (Å²) in [6, 6.07) is 3.01. The quantitative estimate of drug-likeness (QED) is 0.599. The molecule has 0 heterocycles. The predicted octanol–water partition coefficient (Wildman–Crippen LogP) is 3.24. The van der Waals surface area contributed by atoms with Gasteiger partial charge in [0, 0.05) is 0 Å². The number of carbonyl (C=O) groups is 2. The van der Waals surface area contributed by atoms with E-state index in [0.717, 1.165) is 12.1 Å². The lowest BCUT2D eigenvalue weighted by Crippen LogP contribution is -2.41. The van der Waals surface area contributed by atoms with Crippen LogP contribution in [0.15, 0.2) is 36.9 Å². The van der Waals surface area contributed by atoms with Crippen molar-refractivity contribution in [2.45, 2.75) is 31.5 Å². The molecule has 0 unspecified atom stereocenters. The van der Waals surface area contributed by atoms with Gasteiger partial charge in [-0.15, -0.1) is 6.58 Å². The highest BCUT2D eigenvalue weighted by atomic mass is 19.4. The number of hydrogen-bond acceptors (Lipinski definition) is 2. The minimum atomic E-state index is -4.69. The Kier molecular flexibility index (Phi) is 6.15. The van der Waals surface area contributed by atoms with Gasteiger partial charge in [0.15, 0.2) is 0 Å². The number of amides is 1. The fraction of sp³-hybridized carbons (Fsp3) is 0.333. The van der Waals surface area contributed by atoms with Crippen molar-refractivity contribution in [2.24, 2.45) is 0 Å². The van der Waals surface area contributed by atoms with Gasteiger partial charge in [-0.2, -0.15) is 13.2 Å². The zero-order chi connectivity index (χ0) is 16.8. The molecular weight excluding hydrogens is 299 g/mol. The number of alkyl halides is 3. The van der Waals surface area contributed by atoms with Gasteiger partial charge in [-0.3, -0.25) is 4.79 Å². The number of unbranched alkanes of at least 4 members (excludes halogenated alkanes) is 1. The van der Waals surface area contributed by atoms with Crippen molar-refractivity contribution in [1.82, 2.24) is 5.32 Å². The molecule has 1 atom stereocenters. The number of aliphatic carboxylic acids is 1. The van der Waals surface area contributed by atoms with Gasteiger partial charge in [0.2, 0.25) is 0 Å². The molecule has 0 radical (unpaired) electrons. The van der Waals surface area contributed by atoms with Crippen LogP contribution in [-0.4, -0.2) is 23.0 Å². The third-order valence-electron chi connectivity index (χ3n) is 2.98. The first kappa shape index (κ1) is 17.7. The van der Waals surface area contributed by atoms with Gasteiger partial charge >= 0.3 is 12.1 Å². The Bertz CT molecular complexity index is 555. The van der Waals surface area contributed by atoms with Crippen LogP contribution >= 0.6 is 0 Å². The van der Waals surface area contributed by atoms with Crippen LogP contribution < -0.4 is 5.32 Å². The number of carboxylic acid groups (broad SMARTS) is 1. The van der Waals surface area contributed by atoms with Crippen LogP contribution in [0.4, 0.5) is 13.2 Å². The van der Waals surface area contributed by atoms with Crippen LogP contribution in [0.1, 0.15) is 35.2 Å². The summed E-state index contributed by atoms with van der Waals surface area (Å²) in [4.78, 5) is 23.0. The molecule has 22 heavy (non-hydrogen) atoms. The summed E-state index contributed by atoms with van der Waals surface area (Å²) in [6.45, 7) is 3.49. The Hall–Kier alpha value is -2.31. The molecule has 0 aliphatic rings. The molecule has 1 amide bonds. The van der Waals surface area contributed by atoms with E-state index in [1.54, 1.807) is 6.08 Å². The van der Waals surface area contributed by atoms with E-state index in [-0.39, 0.29) is 6.42 Å². The third-order valence-corrected chi connectivity index (χ3v) is 2.98. The van der Waals surface area contributed by atoms with Crippen LogP contribution in [0.5, 0.6) is 0 Å².